The first-order valence-electron chi connectivity index (χ1n) is 6.37. The van der Waals surface area contributed by atoms with Gasteiger partial charge in [-0.3, -0.25) is 0 Å². The molecule has 1 saturated heterocycles. The summed E-state index contributed by atoms with van der Waals surface area (Å²) in [6.07, 6.45) is 1.08. The molecule has 92 valence electrons. The molecule has 2 unspecified atom stereocenters. The molecule has 1 N–H and O–H groups in total. The van der Waals surface area contributed by atoms with E-state index in [4.69, 9.17) is 0 Å². The number of hydrogen-bond acceptors (Lipinski definition) is 1. The molecular weight excluding hydrogens is 225 g/mol. The minimum atomic E-state index is -0.170. The molecule has 0 amide bonds. The molecule has 1 aliphatic heterocycles. The van der Waals surface area contributed by atoms with Crippen molar-refractivity contribution in [1.29, 1.82) is 0 Å². The molecule has 1 heterocycles. The molecule has 0 spiro atoms. The maximum Gasteiger partial charge on any atom is 0.123 e. The monoisotopic (exact) mass is 241 g/mol. The van der Waals surface area contributed by atoms with Gasteiger partial charge >= 0.3 is 0 Å². The van der Waals surface area contributed by atoms with Gasteiger partial charge in [0.25, 0.3) is 0 Å². The molecule has 0 aromatic heterocycles. The van der Waals surface area contributed by atoms with Gasteiger partial charge in [0.15, 0.2) is 0 Å². The molecule has 3 rings (SSSR count). The van der Waals surface area contributed by atoms with Crippen LogP contribution in [0, 0.1) is 5.82 Å². The summed E-state index contributed by atoms with van der Waals surface area (Å²) >= 11 is 0. The first-order valence-corrected chi connectivity index (χ1v) is 6.37. The van der Waals surface area contributed by atoms with E-state index in [-0.39, 0.29) is 5.82 Å². The summed E-state index contributed by atoms with van der Waals surface area (Å²) in [4.78, 5) is 0. The first kappa shape index (κ1) is 11.4. The van der Waals surface area contributed by atoms with E-state index in [0.717, 1.165) is 13.0 Å². The van der Waals surface area contributed by atoms with Crippen molar-refractivity contribution in [3.8, 4) is 0 Å². The number of benzene rings is 2. The molecule has 1 nitrogen and oxygen atoms in total. The molecule has 0 aliphatic carbocycles. The number of rotatable bonds is 2. The molecule has 1 fully saturated rings. The maximum atomic E-state index is 12.9. The molecule has 2 aromatic carbocycles. The van der Waals surface area contributed by atoms with E-state index >= 15 is 0 Å². The Morgan fingerprint density at radius 2 is 1.61 bits per heavy atom. The van der Waals surface area contributed by atoms with Gasteiger partial charge in [0.2, 0.25) is 0 Å². The minimum Gasteiger partial charge on any atom is -0.309 e. The van der Waals surface area contributed by atoms with E-state index in [1.54, 1.807) is 0 Å². The summed E-state index contributed by atoms with van der Waals surface area (Å²) in [6.45, 7) is 0.992. The molecule has 2 heteroatoms. The van der Waals surface area contributed by atoms with E-state index in [1.807, 2.05) is 18.2 Å². The third kappa shape index (κ3) is 2.29. The van der Waals surface area contributed by atoms with Gasteiger partial charge in [0, 0.05) is 12.6 Å². The van der Waals surface area contributed by atoms with Crippen LogP contribution in [0.1, 0.15) is 29.5 Å². The van der Waals surface area contributed by atoms with E-state index in [2.05, 4.69) is 29.6 Å². The third-order valence-electron chi connectivity index (χ3n) is 3.67. The SMILES string of the molecule is Fc1ccc(C2CC(c3ccccc3)CN2)cc1. The average molecular weight is 241 g/mol. The molecule has 2 aromatic rings. The van der Waals surface area contributed by atoms with E-state index in [9.17, 15) is 4.39 Å². The van der Waals surface area contributed by atoms with Crippen molar-refractivity contribution in [2.24, 2.45) is 0 Å². The second-order valence-electron chi connectivity index (χ2n) is 4.86. The average Bonchev–Trinajstić information content (AvgIpc) is 2.90. The first-order chi connectivity index (χ1) is 8.83. The Hall–Kier alpha value is -1.67. The van der Waals surface area contributed by atoms with Crippen LogP contribution in [-0.2, 0) is 0 Å². The molecule has 2 atom stereocenters. The van der Waals surface area contributed by atoms with Gasteiger partial charge in [0.1, 0.15) is 5.82 Å². The zero-order chi connectivity index (χ0) is 12.4. The lowest BCUT2D eigenvalue weighted by molar-refractivity contribution is 0.616. The highest BCUT2D eigenvalue weighted by molar-refractivity contribution is 5.26. The summed E-state index contributed by atoms with van der Waals surface area (Å²) in [7, 11) is 0. The van der Waals surface area contributed by atoms with Crippen LogP contribution < -0.4 is 5.32 Å². The van der Waals surface area contributed by atoms with Crippen LogP contribution in [-0.4, -0.2) is 6.54 Å². The van der Waals surface area contributed by atoms with Crippen molar-refractivity contribution in [2.75, 3.05) is 6.54 Å². The highest BCUT2D eigenvalue weighted by Crippen LogP contribution is 2.33. The van der Waals surface area contributed by atoms with Gasteiger partial charge < -0.3 is 5.32 Å². The summed E-state index contributed by atoms with van der Waals surface area (Å²) < 4.78 is 12.9. The third-order valence-corrected chi connectivity index (χ3v) is 3.67. The standard InChI is InChI=1S/C16H16FN/c17-15-8-6-13(7-9-15)16-10-14(11-18-16)12-4-2-1-3-5-12/h1-9,14,16,18H,10-11H2. The van der Waals surface area contributed by atoms with Crippen LogP contribution in [0.15, 0.2) is 54.6 Å². The lowest BCUT2D eigenvalue weighted by Gasteiger charge is -2.11. The maximum absolute atomic E-state index is 12.9. The Morgan fingerprint density at radius 1 is 0.889 bits per heavy atom. The predicted molar refractivity (Wildman–Crippen MR) is 70.9 cm³/mol. The lowest BCUT2D eigenvalue weighted by Crippen LogP contribution is -2.13. The van der Waals surface area contributed by atoms with Crippen molar-refractivity contribution >= 4 is 0 Å². The highest BCUT2D eigenvalue weighted by Gasteiger charge is 2.26. The fourth-order valence-electron chi connectivity index (χ4n) is 2.66. The number of hydrogen-bond donors (Lipinski definition) is 1. The molecule has 18 heavy (non-hydrogen) atoms. The van der Waals surface area contributed by atoms with E-state index in [1.165, 1.54) is 23.3 Å². The Labute approximate surface area is 107 Å². The zero-order valence-electron chi connectivity index (χ0n) is 10.1. The minimum absolute atomic E-state index is 0.170. The van der Waals surface area contributed by atoms with Crippen LogP contribution in [0.25, 0.3) is 0 Å². The van der Waals surface area contributed by atoms with Gasteiger partial charge in [-0.2, -0.15) is 0 Å². The second kappa shape index (κ2) is 4.91. The second-order valence-corrected chi connectivity index (χ2v) is 4.86. The molecule has 0 radical (unpaired) electrons. The molecular formula is C16H16FN. The zero-order valence-corrected chi connectivity index (χ0v) is 10.1. The number of halogens is 1. The number of nitrogens with one attached hydrogen (secondary N) is 1. The molecule has 0 saturated carbocycles. The summed E-state index contributed by atoms with van der Waals surface area (Å²) in [6, 6.07) is 17.7. The quantitative estimate of drug-likeness (QED) is 0.846. The topological polar surface area (TPSA) is 12.0 Å². The van der Waals surface area contributed by atoms with Crippen molar-refractivity contribution < 1.29 is 4.39 Å². The van der Waals surface area contributed by atoms with Gasteiger partial charge in [-0.1, -0.05) is 42.5 Å². The summed E-state index contributed by atoms with van der Waals surface area (Å²) in [5.74, 6) is 0.387. The van der Waals surface area contributed by atoms with Gasteiger partial charge in [0.05, 0.1) is 0 Å². The van der Waals surface area contributed by atoms with E-state index in [0.29, 0.717) is 12.0 Å². The lowest BCUT2D eigenvalue weighted by atomic mass is 9.94. The summed E-state index contributed by atoms with van der Waals surface area (Å²) in [5.41, 5.74) is 2.56. The normalized spacial score (nSPS) is 23.2. The summed E-state index contributed by atoms with van der Waals surface area (Å²) in [5, 5.41) is 3.52. The van der Waals surface area contributed by atoms with Crippen molar-refractivity contribution in [2.45, 2.75) is 18.4 Å². The van der Waals surface area contributed by atoms with Crippen LogP contribution in [0.4, 0.5) is 4.39 Å². The Kier molecular flexibility index (Phi) is 3.11. The van der Waals surface area contributed by atoms with Crippen LogP contribution >= 0.6 is 0 Å². The smallest absolute Gasteiger partial charge is 0.123 e. The van der Waals surface area contributed by atoms with Crippen LogP contribution in [0.3, 0.4) is 0 Å². The molecule has 1 aliphatic rings. The Balaban J connectivity index is 1.74. The van der Waals surface area contributed by atoms with E-state index < -0.39 is 0 Å². The predicted octanol–water partition coefficient (Wildman–Crippen LogP) is 3.64. The molecule has 0 bridgehead atoms. The largest absolute Gasteiger partial charge is 0.309 e. The van der Waals surface area contributed by atoms with Crippen LogP contribution in [0.2, 0.25) is 0 Å². The Bertz CT molecular complexity index is 506. The van der Waals surface area contributed by atoms with Crippen molar-refractivity contribution in [1.82, 2.24) is 5.32 Å². The van der Waals surface area contributed by atoms with Crippen LogP contribution in [0.5, 0.6) is 0 Å². The van der Waals surface area contributed by atoms with Gasteiger partial charge in [-0.05, 0) is 35.6 Å². The Morgan fingerprint density at radius 3 is 2.33 bits per heavy atom. The van der Waals surface area contributed by atoms with Gasteiger partial charge in [-0.25, -0.2) is 4.39 Å². The van der Waals surface area contributed by atoms with Crippen molar-refractivity contribution in [3.63, 3.8) is 0 Å². The fraction of sp³-hybridized carbons (Fsp3) is 0.250. The highest BCUT2D eigenvalue weighted by atomic mass is 19.1. The van der Waals surface area contributed by atoms with Crippen molar-refractivity contribution in [3.05, 3.63) is 71.5 Å². The van der Waals surface area contributed by atoms with Gasteiger partial charge in [-0.15, -0.1) is 0 Å². The fourth-order valence-corrected chi connectivity index (χ4v) is 2.66.